The number of nitrogens with one attached hydrogen (secondary N) is 1. The quantitative estimate of drug-likeness (QED) is 0.862. The van der Waals surface area contributed by atoms with Crippen molar-refractivity contribution in [3.8, 4) is 11.3 Å². The van der Waals surface area contributed by atoms with Crippen LogP contribution in [0.5, 0.6) is 0 Å². The maximum absolute atomic E-state index is 5.45. The van der Waals surface area contributed by atoms with Crippen LogP contribution in [0.2, 0.25) is 0 Å². The standard InChI is InChI=1S/C14H18N4/c1-10-3-4-11(2)12(9-10)13-5-7-16-14(18-13)17-8-6-15/h3-5,7,9H,6,8,15H2,1-2H3,(H,16,17,18). The predicted octanol–water partition coefficient (Wildman–Crippen LogP) is 2.13. The van der Waals surface area contributed by atoms with Gasteiger partial charge in [-0.15, -0.1) is 0 Å². The maximum atomic E-state index is 5.45. The van der Waals surface area contributed by atoms with Gasteiger partial charge in [0.05, 0.1) is 5.69 Å². The Morgan fingerprint density at radius 1 is 1.22 bits per heavy atom. The van der Waals surface area contributed by atoms with Gasteiger partial charge in [-0.25, -0.2) is 9.97 Å². The van der Waals surface area contributed by atoms with Crippen LogP contribution in [0.25, 0.3) is 11.3 Å². The fourth-order valence-electron chi connectivity index (χ4n) is 1.79. The van der Waals surface area contributed by atoms with Gasteiger partial charge in [-0.3, -0.25) is 0 Å². The third-order valence-electron chi connectivity index (χ3n) is 2.75. The number of anilines is 1. The third kappa shape index (κ3) is 2.84. The summed E-state index contributed by atoms with van der Waals surface area (Å²) in [6.45, 7) is 5.41. The van der Waals surface area contributed by atoms with Crippen LogP contribution in [0.3, 0.4) is 0 Å². The molecule has 0 fully saturated rings. The average molecular weight is 242 g/mol. The van der Waals surface area contributed by atoms with Crippen LogP contribution >= 0.6 is 0 Å². The number of nitrogens with two attached hydrogens (primary N) is 1. The first-order valence-electron chi connectivity index (χ1n) is 6.05. The fraction of sp³-hybridized carbons (Fsp3) is 0.286. The molecular weight excluding hydrogens is 224 g/mol. The Morgan fingerprint density at radius 3 is 2.83 bits per heavy atom. The lowest BCUT2D eigenvalue weighted by atomic mass is 10.0. The van der Waals surface area contributed by atoms with Crippen molar-refractivity contribution in [3.05, 3.63) is 41.6 Å². The molecule has 3 N–H and O–H groups in total. The number of aromatic nitrogens is 2. The van der Waals surface area contributed by atoms with Crippen molar-refractivity contribution in [3.63, 3.8) is 0 Å². The van der Waals surface area contributed by atoms with Crippen molar-refractivity contribution in [1.29, 1.82) is 0 Å². The number of hydrogen-bond acceptors (Lipinski definition) is 4. The van der Waals surface area contributed by atoms with Crippen molar-refractivity contribution in [2.75, 3.05) is 18.4 Å². The monoisotopic (exact) mass is 242 g/mol. The third-order valence-corrected chi connectivity index (χ3v) is 2.75. The van der Waals surface area contributed by atoms with Crippen LogP contribution in [-0.2, 0) is 0 Å². The Kier molecular flexibility index (Phi) is 3.89. The lowest BCUT2D eigenvalue weighted by molar-refractivity contribution is 0.990. The second-order valence-corrected chi connectivity index (χ2v) is 4.30. The molecule has 94 valence electrons. The molecule has 0 spiro atoms. The van der Waals surface area contributed by atoms with Gasteiger partial charge in [-0.2, -0.15) is 0 Å². The first-order valence-corrected chi connectivity index (χ1v) is 6.05. The van der Waals surface area contributed by atoms with E-state index < -0.39 is 0 Å². The molecule has 0 saturated heterocycles. The molecule has 0 aliphatic rings. The maximum Gasteiger partial charge on any atom is 0.223 e. The van der Waals surface area contributed by atoms with Crippen LogP contribution in [0, 0.1) is 13.8 Å². The van der Waals surface area contributed by atoms with E-state index in [2.05, 4.69) is 47.3 Å². The smallest absolute Gasteiger partial charge is 0.223 e. The number of rotatable bonds is 4. The SMILES string of the molecule is Cc1ccc(C)c(-c2ccnc(NCCN)n2)c1. The Hall–Kier alpha value is -1.94. The molecule has 0 unspecified atom stereocenters. The van der Waals surface area contributed by atoms with Gasteiger partial charge in [-0.05, 0) is 31.5 Å². The zero-order valence-electron chi connectivity index (χ0n) is 10.8. The molecule has 2 aromatic rings. The van der Waals surface area contributed by atoms with Gasteiger partial charge in [0.2, 0.25) is 5.95 Å². The summed E-state index contributed by atoms with van der Waals surface area (Å²) in [6, 6.07) is 8.28. The van der Waals surface area contributed by atoms with E-state index in [-0.39, 0.29) is 0 Å². The molecule has 0 radical (unpaired) electrons. The van der Waals surface area contributed by atoms with Crippen molar-refractivity contribution in [1.82, 2.24) is 9.97 Å². The molecule has 4 nitrogen and oxygen atoms in total. The van der Waals surface area contributed by atoms with E-state index in [1.54, 1.807) is 6.20 Å². The Labute approximate surface area is 107 Å². The van der Waals surface area contributed by atoms with Crippen molar-refractivity contribution >= 4 is 5.95 Å². The van der Waals surface area contributed by atoms with Crippen molar-refractivity contribution in [2.45, 2.75) is 13.8 Å². The molecule has 2 rings (SSSR count). The van der Waals surface area contributed by atoms with Gasteiger partial charge in [-0.1, -0.05) is 17.7 Å². The molecule has 0 aliphatic carbocycles. The second kappa shape index (κ2) is 5.60. The van der Waals surface area contributed by atoms with Crippen LogP contribution in [0.15, 0.2) is 30.5 Å². The normalized spacial score (nSPS) is 10.4. The van der Waals surface area contributed by atoms with Crippen LogP contribution in [-0.4, -0.2) is 23.1 Å². The molecule has 0 amide bonds. The van der Waals surface area contributed by atoms with Gasteiger partial charge in [0.15, 0.2) is 0 Å². The summed E-state index contributed by atoms with van der Waals surface area (Å²) in [5, 5.41) is 3.09. The summed E-state index contributed by atoms with van der Waals surface area (Å²) < 4.78 is 0. The second-order valence-electron chi connectivity index (χ2n) is 4.30. The van der Waals surface area contributed by atoms with Crippen molar-refractivity contribution < 1.29 is 0 Å². The number of benzene rings is 1. The Balaban J connectivity index is 2.35. The lowest BCUT2D eigenvalue weighted by Crippen LogP contribution is -2.14. The minimum Gasteiger partial charge on any atom is -0.353 e. The van der Waals surface area contributed by atoms with Crippen LogP contribution in [0.1, 0.15) is 11.1 Å². The lowest BCUT2D eigenvalue weighted by Gasteiger charge is -2.08. The topological polar surface area (TPSA) is 63.8 Å². The molecule has 0 saturated carbocycles. The van der Waals surface area contributed by atoms with E-state index >= 15 is 0 Å². The highest BCUT2D eigenvalue weighted by atomic mass is 15.1. The summed E-state index contributed by atoms with van der Waals surface area (Å²) in [7, 11) is 0. The van der Waals surface area contributed by atoms with Gasteiger partial charge >= 0.3 is 0 Å². The van der Waals surface area contributed by atoms with E-state index in [9.17, 15) is 0 Å². The predicted molar refractivity (Wildman–Crippen MR) is 74.5 cm³/mol. The summed E-state index contributed by atoms with van der Waals surface area (Å²) >= 11 is 0. The largest absolute Gasteiger partial charge is 0.353 e. The zero-order valence-corrected chi connectivity index (χ0v) is 10.8. The molecule has 0 atom stereocenters. The van der Waals surface area contributed by atoms with E-state index in [1.165, 1.54) is 11.1 Å². The van der Waals surface area contributed by atoms with E-state index in [0.717, 1.165) is 11.3 Å². The fourth-order valence-corrected chi connectivity index (χ4v) is 1.79. The highest BCUT2D eigenvalue weighted by molar-refractivity contribution is 5.64. The van der Waals surface area contributed by atoms with Gasteiger partial charge in [0, 0.05) is 24.8 Å². The molecule has 1 aromatic carbocycles. The molecule has 1 aromatic heterocycles. The van der Waals surface area contributed by atoms with Crippen LogP contribution in [0.4, 0.5) is 5.95 Å². The Bertz CT molecular complexity index is 537. The van der Waals surface area contributed by atoms with E-state index in [0.29, 0.717) is 19.0 Å². The van der Waals surface area contributed by atoms with Gasteiger partial charge < -0.3 is 11.1 Å². The first kappa shape index (κ1) is 12.5. The average Bonchev–Trinajstić information content (AvgIpc) is 2.39. The van der Waals surface area contributed by atoms with Gasteiger partial charge in [0.1, 0.15) is 0 Å². The summed E-state index contributed by atoms with van der Waals surface area (Å²) in [4.78, 5) is 8.68. The Morgan fingerprint density at radius 2 is 2.06 bits per heavy atom. The summed E-state index contributed by atoms with van der Waals surface area (Å²) in [6.07, 6.45) is 1.77. The molecular formula is C14H18N4. The number of aryl methyl sites for hydroxylation is 2. The van der Waals surface area contributed by atoms with Crippen molar-refractivity contribution in [2.24, 2.45) is 5.73 Å². The minimum absolute atomic E-state index is 0.567. The summed E-state index contributed by atoms with van der Waals surface area (Å²) in [5.41, 5.74) is 9.97. The van der Waals surface area contributed by atoms with Crippen LogP contribution < -0.4 is 11.1 Å². The molecule has 0 bridgehead atoms. The first-order chi connectivity index (χ1) is 8.70. The highest BCUT2D eigenvalue weighted by Crippen LogP contribution is 2.23. The number of nitrogens with zero attached hydrogens (tertiary/aromatic N) is 2. The highest BCUT2D eigenvalue weighted by Gasteiger charge is 2.05. The number of hydrogen-bond donors (Lipinski definition) is 2. The molecule has 1 heterocycles. The van der Waals surface area contributed by atoms with E-state index in [4.69, 9.17) is 5.73 Å². The zero-order chi connectivity index (χ0) is 13.0. The molecule has 4 heteroatoms. The molecule has 0 aliphatic heterocycles. The minimum atomic E-state index is 0.567. The molecule has 18 heavy (non-hydrogen) atoms. The van der Waals surface area contributed by atoms with Gasteiger partial charge in [0.25, 0.3) is 0 Å². The summed E-state index contributed by atoms with van der Waals surface area (Å²) in [5.74, 6) is 0.624. The van der Waals surface area contributed by atoms with E-state index in [1.807, 2.05) is 6.07 Å².